The van der Waals surface area contributed by atoms with Crippen molar-refractivity contribution in [2.45, 2.75) is 13.8 Å². The number of ether oxygens (including phenoxy) is 1. The van der Waals surface area contributed by atoms with Gasteiger partial charge in [0.1, 0.15) is 17.8 Å². The molecule has 6 heteroatoms. The summed E-state index contributed by atoms with van der Waals surface area (Å²) in [4.78, 5) is 8.29. The third-order valence-electron chi connectivity index (χ3n) is 3.63. The van der Waals surface area contributed by atoms with Gasteiger partial charge in [-0.2, -0.15) is 4.98 Å². The van der Waals surface area contributed by atoms with Crippen molar-refractivity contribution in [3.05, 3.63) is 64.9 Å². The number of nitrogen functional groups attached to an aromatic ring is 1. The molecule has 0 bridgehead atoms. The molecule has 1 heterocycles. The number of aryl methyl sites for hydroxylation is 2. The van der Waals surface area contributed by atoms with Crippen molar-refractivity contribution in [2.75, 3.05) is 11.1 Å². The summed E-state index contributed by atoms with van der Waals surface area (Å²) >= 11 is 5.99. The first kappa shape index (κ1) is 16.1. The Hall–Kier alpha value is -2.79. The van der Waals surface area contributed by atoms with E-state index in [4.69, 9.17) is 22.1 Å². The van der Waals surface area contributed by atoms with Gasteiger partial charge in [0.15, 0.2) is 5.82 Å². The first-order valence-corrected chi connectivity index (χ1v) is 7.79. The first-order valence-electron chi connectivity index (χ1n) is 7.41. The Morgan fingerprint density at radius 3 is 2.62 bits per heavy atom. The Kier molecular flexibility index (Phi) is 4.53. The van der Waals surface area contributed by atoms with Gasteiger partial charge in [0.25, 0.3) is 0 Å². The molecular formula is C18H17ClN4O. The van der Waals surface area contributed by atoms with Crippen LogP contribution in [0.4, 0.5) is 17.2 Å². The molecule has 0 spiro atoms. The van der Waals surface area contributed by atoms with Gasteiger partial charge in [-0.1, -0.05) is 23.7 Å². The summed E-state index contributed by atoms with van der Waals surface area (Å²) in [6, 6.07) is 13.1. The lowest BCUT2D eigenvalue weighted by Gasteiger charge is -2.12. The average Bonchev–Trinajstić information content (AvgIpc) is 2.55. The van der Waals surface area contributed by atoms with Gasteiger partial charge in [-0.15, -0.1) is 0 Å². The summed E-state index contributed by atoms with van der Waals surface area (Å²) in [7, 11) is 0. The third-order valence-corrected chi connectivity index (χ3v) is 3.86. The van der Waals surface area contributed by atoms with Gasteiger partial charge in [-0.25, -0.2) is 4.98 Å². The fraction of sp³-hybridized carbons (Fsp3) is 0.111. The van der Waals surface area contributed by atoms with E-state index in [0.29, 0.717) is 28.2 Å². The van der Waals surface area contributed by atoms with Gasteiger partial charge < -0.3 is 15.8 Å². The van der Waals surface area contributed by atoms with Crippen molar-refractivity contribution in [3.8, 4) is 11.6 Å². The number of rotatable bonds is 4. The maximum Gasteiger partial charge on any atom is 0.248 e. The van der Waals surface area contributed by atoms with E-state index in [0.717, 1.165) is 11.3 Å². The van der Waals surface area contributed by atoms with Crippen molar-refractivity contribution in [2.24, 2.45) is 0 Å². The van der Waals surface area contributed by atoms with Crippen LogP contribution in [0, 0.1) is 13.8 Å². The molecular weight excluding hydrogens is 324 g/mol. The lowest BCUT2D eigenvalue weighted by molar-refractivity contribution is 0.464. The van der Waals surface area contributed by atoms with Crippen LogP contribution in [-0.2, 0) is 0 Å². The van der Waals surface area contributed by atoms with E-state index in [1.165, 1.54) is 11.9 Å². The number of benzene rings is 2. The Morgan fingerprint density at radius 1 is 1.04 bits per heavy atom. The van der Waals surface area contributed by atoms with Gasteiger partial charge in [0, 0.05) is 10.7 Å². The van der Waals surface area contributed by atoms with E-state index in [9.17, 15) is 0 Å². The number of anilines is 3. The van der Waals surface area contributed by atoms with Crippen LogP contribution in [-0.4, -0.2) is 9.97 Å². The molecule has 3 aromatic rings. The van der Waals surface area contributed by atoms with E-state index in [-0.39, 0.29) is 0 Å². The standard InChI is InChI=1S/C18H17ClN4O/c1-11-6-7-15(8-12(11)2)24-18-16(20)17(21-10-22-18)23-14-5-3-4-13(19)9-14/h3-10H,20H2,1-2H3,(H,21,22,23). The second-order valence-electron chi connectivity index (χ2n) is 5.42. The van der Waals surface area contributed by atoms with Crippen molar-refractivity contribution >= 4 is 28.8 Å². The lowest BCUT2D eigenvalue weighted by Crippen LogP contribution is -2.03. The molecule has 24 heavy (non-hydrogen) atoms. The molecule has 0 atom stereocenters. The monoisotopic (exact) mass is 340 g/mol. The molecule has 0 saturated carbocycles. The quantitative estimate of drug-likeness (QED) is 0.709. The Labute approximate surface area is 145 Å². The predicted octanol–water partition coefficient (Wildman–Crippen LogP) is 4.86. The number of nitrogens with two attached hydrogens (primary N) is 1. The van der Waals surface area contributed by atoms with E-state index in [1.807, 2.05) is 44.2 Å². The molecule has 0 aliphatic heterocycles. The van der Waals surface area contributed by atoms with Crippen molar-refractivity contribution in [3.63, 3.8) is 0 Å². The average molecular weight is 341 g/mol. The van der Waals surface area contributed by atoms with Gasteiger partial charge in [-0.05, 0) is 55.3 Å². The highest BCUT2D eigenvalue weighted by molar-refractivity contribution is 6.30. The van der Waals surface area contributed by atoms with Gasteiger partial charge >= 0.3 is 0 Å². The van der Waals surface area contributed by atoms with Crippen LogP contribution in [0.15, 0.2) is 48.8 Å². The smallest absolute Gasteiger partial charge is 0.248 e. The molecule has 0 radical (unpaired) electrons. The van der Waals surface area contributed by atoms with Gasteiger partial charge in [0.05, 0.1) is 0 Å². The number of nitrogens with one attached hydrogen (secondary N) is 1. The van der Waals surface area contributed by atoms with Crippen molar-refractivity contribution in [1.29, 1.82) is 0 Å². The third kappa shape index (κ3) is 3.58. The molecule has 0 aliphatic rings. The number of aromatic nitrogens is 2. The largest absolute Gasteiger partial charge is 0.437 e. The minimum absolute atomic E-state index is 0.304. The lowest BCUT2D eigenvalue weighted by atomic mass is 10.1. The summed E-state index contributed by atoms with van der Waals surface area (Å²) in [6.07, 6.45) is 1.40. The zero-order valence-corrected chi connectivity index (χ0v) is 14.1. The molecule has 0 unspecified atom stereocenters. The van der Waals surface area contributed by atoms with Crippen LogP contribution < -0.4 is 15.8 Å². The van der Waals surface area contributed by atoms with E-state index in [1.54, 1.807) is 12.1 Å². The van der Waals surface area contributed by atoms with E-state index >= 15 is 0 Å². The minimum Gasteiger partial charge on any atom is -0.437 e. The van der Waals surface area contributed by atoms with Crippen LogP contribution >= 0.6 is 11.6 Å². The highest BCUT2D eigenvalue weighted by Crippen LogP contribution is 2.31. The fourth-order valence-corrected chi connectivity index (χ4v) is 2.34. The summed E-state index contributed by atoms with van der Waals surface area (Å²) in [5.41, 5.74) is 9.58. The molecule has 1 aromatic heterocycles. The van der Waals surface area contributed by atoms with Crippen LogP contribution in [0.25, 0.3) is 0 Å². The number of hydrogen-bond donors (Lipinski definition) is 2. The van der Waals surface area contributed by atoms with Gasteiger partial charge in [-0.3, -0.25) is 0 Å². The molecule has 0 fully saturated rings. The topological polar surface area (TPSA) is 73.1 Å². The number of halogens is 1. The maximum absolute atomic E-state index is 6.14. The fourth-order valence-electron chi connectivity index (χ4n) is 2.15. The zero-order valence-electron chi connectivity index (χ0n) is 13.4. The zero-order chi connectivity index (χ0) is 17.1. The molecule has 3 N–H and O–H groups in total. The normalized spacial score (nSPS) is 10.5. The molecule has 5 nitrogen and oxygen atoms in total. The molecule has 2 aromatic carbocycles. The summed E-state index contributed by atoms with van der Waals surface area (Å²) in [6.45, 7) is 4.07. The predicted molar refractivity (Wildman–Crippen MR) is 97.2 cm³/mol. The Morgan fingerprint density at radius 2 is 1.88 bits per heavy atom. The molecule has 0 aliphatic carbocycles. The molecule has 0 amide bonds. The van der Waals surface area contributed by atoms with E-state index in [2.05, 4.69) is 15.3 Å². The van der Waals surface area contributed by atoms with Crippen LogP contribution in [0.1, 0.15) is 11.1 Å². The number of nitrogens with zero attached hydrogens (tertiary/aromatic N) is 2. The maximum atomic E-state index is 6.14. The highest BCUT2D eigenvalue weighted by Gasteiger charge is 2.11. The second-order valence-corrected chi connectivity index (χ2v) is 5.86. The van der Waals surface area contributed by atoms with E-state index < -0.39 is 0 Å². The molecule has 3 rings (SSSR count). The van der Waals surface area contributed by atoms with Crippen LogP contribution in [0.2, 0.25) is 5.02 Å². The summed E-state index contributed by atoms with van der Waals surface area (Å²) in [5, 5.41) is 3.74. The summed E-state index contributed by atoms with van der Waals surface area (Å²) < 4.78 is 5.80. The summed E-state index contributed by atoms with van der Waals surface area (Å²) in [5.74, 6) is 1.45. The van der Waals surface area contributed by atoms with Gasteiger partial charge in [0.2, 0.25) is 5.88 Å². The first-order chi connectivity index (χ1) is 11.5. The highest BCUT2D eigenvalue weighted by atomic mass is 35.5. The van der Waals surface area contributed by atoms with Crippen molar-refractivity contribution in [1.82, 2.24) is 9.97 Å². The van der Waals surface area contributed by atoms with Crippen LogP contribution in [0.5, 0.6) is 11.6 Å². The number of hydrogen-bond acceptors (Lipinski definition) is 5. The molecule has 122 valence electrons. The SMILES string of the molecule is Cc1ccc(Oc2ncnc(Nc3cccc(Cl)c3)c2N)cc1C. The minimum atomic E-state index is 0.304. The Bertz CT molecular complexity index is 883. The molecule has 0 saturated heterocycles. The van der Waals surface area contributed by atoms with Crippen LogP contribution in [0.3, 0.4) is 0 Å². The second kappa shape index (κ2) is 6.76. The van der Waals surface area contributed by atoms with Crippen molar-refractivity contribution < 1.29 is 4.74 Å². The Balaban J connectivity index is 1.86.